The molecule has 0 bridgehead atoms. The molecule has 1 aliphatic rings. The van der Waals surface area contributed by atoms with E-state index in [9.17, 15) is 9.90 Å². The van der Waals surface area contributed by atoms with E-state index in [1.54, 1.807) is 17.9 Å². The molecule has 0 radical (unpaired) electrons. The Labute approximate surface area is 107 Å². The van der Waals surface area contributed by atoms with Crippen LogP contribution in [0.4, 0.5) is 0 Å². The second-order valence-electron chi connectivity index (χ2n) is 3.92. The highest BCUT2D eigenvalue weighted by Gasteiger charge is 2.32. The van der Waals surface area contributed by atoms with Crippen molar-refractivity contribution in [3.63, 3.8) is 0 Å². The number of carboxylic acids is 1. The molecule has 1 atom stereocenters. The van der Waals surface area contributed by atoms with Crippen LogP contribution in [0.5, 0.6) is 0 Å². The topological polar surface area (TPSA) is 67.6 Å². The van der Waals surface area contributed by atoms with E-state index in [0.717, 1.165) is 0 Å². The van der Waals surface area contributed by atoms with Crippen LogP contribution in [0.2, 0.25) is 0 Å². The van der Waals surface area contributed by atoms with Crippen LogP contribution in [-0.4, -0.2) is 51.8 Å². The number of rotatable bonds is 3. The first-order chi connectivity index (χ1) is 8.11. The highest BCUT2D eigenvalue weighted by Crippen LogP contribution is 2.27. The van der Waals surface area contributed by atoms with Crippen molar-refractivity contribution in [3.05, 3.63) is 16.6 Å². The van der Waals surface area contributed by atoms with Gasteiger partial charge in [-0.3, -0.25) is 9.69 Å². The second kappa shape index (κ2) is 5.16. The predicted molar refractivity (Wildman–Crippen MR) is 63.7 cm³/mol. The fraction of sp³-hybridized carbons (Fsp3) is 0.600. The largest absolute Gasteiger partial charge is 0.480 e. The Kier molecular flexibility index (Phi) is 3.80. The van der Waals surface area contributed by atoms with Crippen LogP contribution in [0, 0.1) is 0 Å². The maximum atomic E-state index is 11.5. The van der Waals surface area contributed by atoms with E-state index in [0.29, 0.717) is 36.6 Å². The van der Waals surface area contributed by atoms with E-state index in [4.69, 9.17) is 4.74 Å². The van der Waals surface area contributed by atoms with Gasteiger partial charge in [-0.15, -0.1) is 0 Å². The molecule has 1 fully saturated rings. The molecule has 0 spiro atoms. The number of ether oxygens (including phenoxy) is 1. The number of imidazole rings is 1. The third-order valence-corrected chi connectivity index (χ3v) is 3.45. The number of morpholine rings is 1. The Bertz CT molecular complexity index is 395. The highest BCUT2D eigenvalue weighted by molar-refractivity contribution is 9.10. The number of aliphatic carboxylic acids is 1. The summed E-state index contributed by atoms with van der Waals surface area (Å²) < 4.78 is 7.56. The molecule has 1 aliphatic heterocycles. The number of carbonyl (C=O) groups is 1. The van der Waals surface area contributed by atoms with E-state index < -0.39 is 12.0 Å². The van der Waals surface area contributed by atoms with Gasteiger partial charge in [0.15, 0.2) is 6.04 Å². The third kappa shape index (κ3) is 2.51. The second-order valence-corrected chi connectivity index (χ2v) is 4.67. The number of hydrogen-bond acceptors (Lipinski definition) is 4. The normalized spacial score (nSPS) is 19.2. The maximum absolute atomic E-state index is 11.5. The molecule has 0 saturated carbocycles. The molecular weight excluding hydrogens is 290 g/mol. The summed E-state index contributed by atoms with van der Waals surface area (Å²) in [4.78, 5) is 17.4. The van der Waals surface area contributed by atoms with Gasteiger partial charge >= 0.3 is 5.97 Å². The average molecular weight is 304 g/mol. The lowest BCUT2D eigenvalue weighted by Crippen LogP contribution is -2.42. The van der Waals surface area contributed by atoms with Crippen molar-refractivity contribution in [2.24, 2.45) is 7.05 Å². The lowest BCUT2D eigenvalue weighted by Gasteiger charge is -2.32. The van der Waals surface area contributed by atoms with Crippen LogP contribution in [0.1, 0.15) is 11.7 Å². The van der Waals surface area contributed by atoms with Gasteiger partial charge in [0.25, 0.3) is 0 Å². The lowest BCUT2D eigenvalue weighted by molar-refractivity contribution is -0.145. The SMILES string of the molecule is Cn1cnc(Br)c1C(C(=O)O)N1CCOCC1. The fourth-order valence-corrected chi connectivity index (χ4v) is 2.59. The van der Waals surface area contributed by atoms with Crippen molar-refractivity contribution < 1.29 is 14.6 Å². The number of hydrogen-bond donors (Lipinski definition) is 1. The Morgan fingerprint density at radius 3 is 2.71 bits per heavy atom. The molecule has 1 N–H and O–H groups in total. The monoisotopic (exact) mass is 303 g/mol. The molecule has 1 aromatic rings. The van der Waals surface area contributed by atoms with Crippen molar-refractivity contribution in [1.29, 1.82) is 0 Å². The fourth-order valence-electron chi connectivity index (χ4n) is 2.00. The molecule has 2 heterocycles. The van der Waals surface area contributed by atoms with Gasteiger partial charge in [0, 0.05) is 20.1 Å². The van der Waals surface area contributed by atoms with Gasteiger partial charge in [-0.2, -0.15) is 0 Å². The van der Waals surface area contributed by atoms with Gasteiger partial charge in [0.2, 0.25) is 0 Å². The van der Waals surface area contributed by atoms with E-state index in [-0.39, 0.29) is 0 Å². The van der Waals surface area contributed by atoms with Crippen molar-refractivity contribution in [2.75, 3.05) is 26.3 Å². The van der Waals surface area contributed by atoms with Crippen LogP contribution < -0.4 is 0 Å². The summed E-state index contributed by atoms with van der Waals surface area (Å²) in [5, 5.41) is 9.40. The molecule has 94 valence electrons. The molecule has 17 heavy (non-hydrogen) atoms. The Morgan fingerprint density at radius 1 is 1.59 bits per heavy atom. The summed E-state index contributed by atoms with van der Waals surface area (Å²) in [5.41, 5.74) is 0.666. The summed E-state index contributed by atoms with van der Waals surface area (Å²) in [6.45, 7) is 2.38. The van der Waals surface area contributed by atoms with Crippen LogP contribution in [0.15, 0.2) is 10.9 Å². The number of aryl methyl sites for hydroxylation is 1. The van der Waals surface area contributed by atoms with E-state index in [2.05, 4.69) is 20.9 Å². The molecule has 0 aromatic carbocycles. The summed E-state index contributed by atoms with van der Waals surface area (Å²) in [7, 11) is 1.80. The molecule has 7 heteroatoms. The van der Waals surface area contributed by atoms with Gasteiger partial charge in [-0.05, 0) is 15.9 Å². The first-order valence-electron chi connectivity index (χ1n) is 5.32. The van der Waals surface area contributed by atoms with Crippen molar-refractivity contribution in [3.8, 4) is 0 Å². The molecule has 1 unspecified atom stereocenters. The highest BCUT2D eigenvalue weighted by atomic mass is 79.9. The number of halogens is 1. The van der Waals surface area contributed by atoms with Crippen LogP contribution >= 0.6 is 15.9 Å². The first-order valence-corrected chi connectivity index (χ1v) is 6.12. The number of carboxylic acid groups (broad SMARTS) is 1. The zero-order chi connectivity index (χ0) is 12.4. The minimum Gasteiger partial charge on any atom is -0.480 e. The van der Waals surface area contributed by atoms with Crippen LogP contribution in [-0.2, 0) is 16.6 Å². The van der Waals surface area contributed by atoms with Crippen LogP contribution in [0.3, 0.4) is 0 Å². The zero-order valence-corrected chi connectivity index (χ0v) is 11.1. The summed E-state index contributed by atoms with van der Waals surface area (Å²) in [6.07, 6.45) is 1.61. The van der Waals surface area contributed by atoms with E-state index >= 15 is 0 Å². The Hall–Kier alpha value is -0.920. The number of aromatic nitrogens is 2. The number of nitrogens with zero attached hydrogens (tertiary/aromatic N) is 3. The van der Waals surface area contributed by atoms with E-state index in [1.807, 2.05) is 4.90 Å². The average Bonchev–Trinajstić information content (AvgIpc) is 2.62. The zero-order valence-electron chi connectivity index (χ0n) is 9.47. The molecule has 1 saturated heterocycles. The van der Waals surface area contributed by atoms with Gasteiger partial charge < -0.3 is 14.4 Å². The minimum absolute atomic E-state index is 0.569. The molecular formula is C10H14BrN3O3. The third-order valence-electron chi connectivity index (χ3n) is 2.84. The molecule has 0 amide bonds. The maximum Gasteiger partial charge on any atom is 0.327 e. The molecule has 6 nitrogen and oxygen atoms in total. The first kappa shape index (κ1) is 12.5. The van der Waals surface area contributed by atoms with Gasteiger partial charge in [0.1, 0.15) is 4.60 Å². The molecule has 0 aliphatic carbocycles. The standard InChI is InChI=1S/C10H14BrN3O3/c1-13-6-12-9(11)7(13)8(10(15)16)14-2-4-17-5-3-14/h6,8H,2-5H2,1H3,(H,15,16). The van der Waals surface area contributed by atoms with Crippen molar-refractivity contribution >= 4 is 21.9 Å². The van der Waals surface area contributed by atoms with Crippen molar-refractivity contribution in [1.82, 2.24) is 14.5 Å². The van der Waals surface area contributed by atoms with Gasteiger partial charge in [0.05, 0.1) is 25.2 Å². The lowest BCUT2D eigenvalue weighted by atomic mass is 10.1. The van der Waals surface area contributed by atoms with E-state index in [1.165, 1.54) is 0 Å². The Morgan fingerprint density at radius 2 is 2.24 bits per heavy atom. The smallest absolute Gasteiger partial charge is 0.327 e. The van der Waals surface area contributed by atoms with Gasteiger partial charge in [-0.25, -0.2) is 4.98 Å². The van der Waals surface area contributed by atoms with Gasteiger partial charge in [-0.1, -0.05) is 0 Å². The quantitative estimate of drug-likeness (QED) is 0.887. The van der Waals surface area contributed by atoms with Crippen LogP contribution in [0.25, 0.3) is 0 Å². The minimum atomic E-state index is -0.865. The summed E-state index contributed by atoms with van der Waals surface area (Å²) >= 11 is 3.30. The summed E-state index contributed by atoms with van der Waals surface area (Å²) in [5.74, 6) is -0.865. The molecule has 1 aromatic heterocycles. The Balaban J connectivity index is 2.31. The van der Waals surface area contributed by atoms with Crippen molar-refractivity contribution in [2.45, 2.75) is 6.04 Å². The summed E-state index contributed by atoms with van der Waals surface area (Å²) in [6, 6.07) is -0.680. The predicted octanol–water partition coefficient (Wildman–Crippen LogP) is 0.640. The molecule has 2 rings (SSSR count).